The molecule has 1 unspecified atom stereocenters. The van der Waals surface area contributed by atoms with E-state index >= 15 is 0 Å². The minimum atomic E-state index is -1.000. The molecule has 1 aromatic carbocycles. The van der Waals surface area contributed by atoms with Crippen LogP contribution in [-0.2, 0) is 0 Å². The van der Waals surface area contributed by atoms with Gasteiger partial charge >= 0.3 is 6.03 Å². The van der Waals surface area contributed by atoms with Crippen molar-refractivity contribution in [2.75, 3.05) is 19.7 Å². The molecule has 0 radical (unpaired) electrons. The molecule has 0 spiro atoms. The van der Waals surface area contributed by atoms with Gasteiger partial charge in [0.05, 0.1) is 19.4 Å². The summed E-state index contributed by atoms with van der Waals surface area (Å²) in [6.45, 7) is 0.226. The standard InChI is InChI=1S/C15H16F2N2O4/c16-11-4-3-10(8-12(11)17)22-7-5-18-15(21)19-9-13(20)14-2-1-6-23-14/h1-4,6,8,13,20H,5,7,9H2,(H2,18,19,21). The van der Waals surface area contributed by atoms with Gasteiger partial charge < -0.3 is 24.9 Å². The average molecular weight is 326 g/mol. The van der Waals surface area contributed by atoms with Crippen molar-refractivity contribution in [3.8, 4) is 5.75 Å². The van der Waals surface area contributed by atoms with Gasteiger partial charge in [0, 0.05) is 6.07 Å². The van der Waals surface area contributed by atoms with Crippen LogP contribution in [0, 0.1) is 11.6 Å². The lowest BCUT2D eigenvalue weighted by Crippen LogP contribution is -2.39. The predicted molar refractivity (Wildman–Crippen MR) is 76.9 cm³/mol. The van der Waals surface area contributed by atoms with Crippen LogP contribution in [0.25, 0.3) is 0 Å². The number of carbonyl (C=O) groups is 1. The van der Waals surface area contributed by atoms with Crippen molar-refractivity contribution < 1.29 is 27.8 Å². The molecule has 8 heteroatoms. The normalized spacial score (nSPS) is 11.8. The van der Waals surface area contributed by atoms with Gasteiger partial charge in [-0.15, -0.1) is 0 Å². The monoisotopic (exact) mass is 326 g/mol. The van der Waals surface area contributed by atoms with E-state index in [1.807, 2.05) is 0 Å². The molecular weight excluding hydrogens is 310 g/mol. The van der Waals surface area contributed by atoms with Gasteiger partial charge in [-0.2, -0.15) is 0 Å². The van der Waals surface area contributed by atoms with Gasteiger partial charge in [0.2, 0.25) is 0 Å². The zero-order valence-electron chi connectivity index (χ0n) is 12.1. The van der Waals surface area contributed by atoms with Crippen molar-refractivity contribution in [2.45, 2.75) is 6.10 Å². The van der Waals surface area contributed by atoms with E-state index in [-0.39, 0.29) is 25.4 Å². The van der Waals surface area contributed by atoms with E-state index in [4.69, 9.17) is 9.15 Å². The number of urea groups is 1. The fourth-order valence-corrected chi connectivity index (χ4v) is 1.73. The van der Waals surface area contributed by atoms with Crippen LogP contribution in [0.2, 0.25) is 0 Å². The second-order valence-electron chi connectivity index (χ2n) is 4.59. The third-order valence-electron chi connectivity index (χ3n) is 2.87. The maximum Gasteiger partial charge on any atom is 0.315 e. The molecular formula is C15H16F2N2O4. The summed E-state index contributed by atoms with van der Waals surface area (Å²) in [7, 11) is 0. The summed E-state index contributed by atoms with van der Waals surface area (Å²) in [5.41, 5.74) is 0. The number of hydrogen-bond acceptors (Lipinski definition) is 4. The van der Waals surface area contributed by atoms with E-state index in [1.54, 1.807) is 12.1 Å². The summed E-state index contributed by atoms with van der Waals surface area (Å²) in [6.07, 6.45) is 0.489. The van der Waals surface area contributed by atoms with Gasteiger partial charge in [0.15, 0.2) is 11.6 Å². The predicted octanol–water partition coefficient (Wildman–Crippen LogP) is 1.97. The molecule has 2 aromatic rings. The first kappa shape index (κ1) is 16.8. The van der Waals surface area contributed by atoms with E-state index in [9.17, 15) is 18.7 Å². The van der Waals surface area contributed by atoms with Gasteiger partial charge in [0.1, 0.15) is 24.2 Å². The van der Waals surface area contributed by atoms with Crippen molar-refractivity contribution >= 4 is 6.03 Å². The largest absolute Gasteiger partial charge is 0.492 e. The molecule has 23 heavy (non-hydrogen) atoms. The lowest BCUT2D eigenvalue weighted by Gasteiger charge is -2.11. The van der Waals surface area contributed by atoms with E-state index in [0.29, 0.717) is 5.76 Å². The minimum Gasteiger partial charge on any atom is -0.492 e. The molecule has 0 bridgehead atoms. The average Bonchev–Trinajstić information content (AvgIpc) is 3.07. The van der Waals surface area contributed by atoms with Gasteiger partial charge in [-0.3, -0.25) is 0 Å². The fourth-order valence-electron chi connectivity index (χ4n) is 1.73. The Bertz CT molecular complexity index is 634. The highest BCUT2D eigenvalue weighted by molar-refractivity contribution is 5.73. The van der Waals surface area contributed by atoms with Crippen molar-refractivity contribution in [1.82, 2.24) is 10.6 Å². The Morgan fingerprint density at radius 1 is 1.26 bits per heavy atom. The smallest absolute Gasteiger partial charge is 0.315 e. The number of aliphatic hydroxyl groups excluding tert-OH is 1. The summed E-state index contributed by atoms with van der Waals surface area (Å²) >= 11 is 0. The summed E-state index contributed by atoms with van der Waals surface area (Å²) in [5.74, 6) is -1.43. The molecule has 0 aliphatic heterocycles. The van der Waals surface area contributed by atoms with Gasteiger partial charge in [0.25, 0.3) is 0 Å². The zero-order chi connectivity index (χ0) is 16.7. The van der Waals surface area contributed by atoms with Crippen molar-refractivity contribution in [1.29, 1.82) is 0 Å². The molecule has 0 aliphatic rings. The summed E-state index contributed by atoms with van der Waals surface area (Å²) < 4.78 is 35.8. The van der Waals surface area contributed by atoms with E-state index in [2.05, 4.69) is 10.6 Å². The summed E-state index contributed by atoms with van der Waals surface area (Å²) in [4.78, 5) is 11.5. The molecule has 1 heterocycles. The highest BCUT2D eigenvalue weighted by atomic mass is 19.2. The second-order valence-corrected chi connectivity index (χ2v) is 4.59. The Morgan fingerprint density at radius 2 is 2.09 bits per heavy atom. The first-order valence-corrected chi connectivity index (χ1v) is 6.87. The van der Waals surface area contributed by atoms with Crippen molar-refractivity contribution in [3.63, 3.8) is 0 Å². The molecule has 0 saturated heterocycles. The van der Waals surface area contributed by atoms with Crippen LogP contribution in [0.3, 0.4) is 0 Å². The molecule has 1 atom stereocenters. The Labute approximate surface area is 131 Å². The summed E-state index contributed by atoms with van der Waals surface area (Å²) in [6, 6.07) is 5.91. The highest BCUT2D eigenvalue weighted by Crippen LogP contribution is 2.15. The number of rotatable bonds is 7. The SMILES string of the molecule is O=C(NCCOc1ccc(F)c(F)c1)NCC(O)c1ccco1. The lowest BCUT2D eigenvalue weighted by atomic mass is 10.3. The van der Waals surface area contributed by atoms with Crippen LogP contribution in [0.4, 0.5) is 13.6 Å². The van der Waals surface area contributed by atoms with Gasteiger partial charge in [-0.1, -0.05) is 0 Å². The topological polar surface area (TPSA) is 83.7 Å². The third kappa shape index (κ3) is 5.26. The van der Waals surface area contributed by atoms with E-state index in [1.165, 1.54) is 12.3 Å². The highest BCUT2D eigenvalue weighted by Gasteiger charge is 2.11. The number of aliphatic hydroxyl groups is 1. The number of halogens is 2. The molecule has 0 saturated carbocycles. The maximum absolute atomic E-state index is 12.9. The Hall–Kier alpha value is -2.61. The molecule has 0 fully saturated rings. The van der Waals surface area contributed by atoms with E-state index < -0.39 is 23.8 Å². The number of ether oxygens (including phenoxy) is 1. The molecule has 1 aromatic heterocycles. The minimum absolute atomic E-state index is 0.0105. The number of hydrogen-bond donors (Lipinski definition) is 3. The van der Waals surface area contributed by atoms with Crippen LogP contribution in [-0.4, -0.2) is 30.8 Å². The molecule has 2 amide bonds. The zero-order valence-corrected chi connectivity index (χ0v) is 12.1. The van der Waals surface area contributed by atoms with Gasteiger partial charge in [-0.25, -0.2) is 13.6 Å². The number of benzene rings is 1. The second kappa shape index (κ2) is 8.14. The van der Waals surface area contributed by atoms with Crippen LogP contribution in [0.5, 0.6) is 5.75 Å². The van der Waals surface area contributed by atoms with Crippen LogP contribution in [0.1, 0.15) is 11.9 Å². The van der Waals surface area contributed by atoms with Crippen LogP contribution in [0.15, 0.2) is 41.0 Å². The van der Waals surface area contributed by atoms with Crippen molar-refractivity contribution in [2.24, 2.45) is 0 Å². The Balaban J connectivity index is 1.62. The third-order valence-corrected chi connectivity index (χ3v) is 2.87. The molecule has 0 aliphatic carbocycles. The first-order chi connectivity index (χ1) is 11.1. The molecule has 2 rings (SSSR count). The molecule has 3 N–H and O–H groups in total. The number of carbonyl (C=O) groups excluding carboxylic acids is 1. The maximum atomic E-state index is 12.9. The molecule has 6 nitrogen and oxygen atoms in total. The van der Waals surface area contributed by atoms with Crippen LogP contribution < -0.4 is 15.4 Å². The quantitative estimate of drug-likeness (QED) is 0.679. The van der Waals surface area contributed by atoms with E-state index in [0.717, 1.165) is 12.1 Å². The lowest BCUT2D eigenvalue weighted by molar-refractivity contribution is 0.147. The Kier molecular flexibility index (Phi) is 5.93. The summed E-state index contributed by atoms with van der Waals surface area (Å²) in [5, 5.41) is 14.7. The number of amides is 2. The van der Waals surface area contributed by atoms with Crippen molar-refractivity contribution in [3.05, 3.63) is 54.0 Å². The number of furan rings is 1. The molecule has 124 valence electrons. The van der Waals surface area contributed by atoms with Gasteiger partial charge in [-0.05, 0) is 24.3 Å². The number of nitrogens with one attached hydrogen (secondary N) is 2. The first-order valence-electron chi connectivity index (χ1n) is 6.87. The van der Waals surface area contributed by atoms with Crippen LogP contribution >= 0.6 is 0 Å². The Morgan fingerprint density at radius 3 is 2.78 bits per heavy atom. The fraction of sp³-hybridized carbons (Fsp3) is 0.267.